The van der Waals surface area contributed by atoms with Crippen LogP contribution in [-0.2, 0) is 14.3 Å². The van der Waals surface area contributed by atoms with Crippen LogP contribution in [0.25, 0.3) is 0 Å². The lowest BCUT2D eigenvalue weighted by Gasteiger charge is -2.54. The number of fused-ring (bicyclic) bond motifs is 3. The number of aliphatic hydroxyl groups is 1. The topological polar surface area (TPSA) is 63.6 Å². The summed E-state index contributed by atoms with van der Waals surface area (Å²) in [5.74, 6) is -0.180. The molecule has 0 unspecified atom stereocenters. The second-order valence-electron chi connectivity index (χ2n) is 6.89. The Morgan fingerprint density at radius 1 is 1.26 bits per heavy atom. The Morgan fingerprint density at radius 2 is 1.95 bits per heavy atom. The van der Waals surface area contributed by atoms with Gasteiger partial charge >= 0.3 is 5.97 Å². The van der Waals surface area contributed by atoms with Crippen molar-refractivity contribution >= 4 is 11.8 Å². The van der Waals surface area contributed by atoms with Crippen molar-refractivity contribution < 1.29 is 19.4 Å². The van der Waals surface area contributed by atoms with Gasteiger partial charge < -0.3 is 9.84 Å². The lowest BCUT2D eigenvalue weighted by molar-refractivity contribution is -0.174. The number of Topliss-reactive ketones (excluding diaryl/α,β-unsaturated/α-hetero) is 1. The number of esters is 1. The van der Waals surface area contributed by atoms with E-state index in [1.54, 1.807) is 0 Å². The summed E-state index contributed by atoms with van der Waals surface area (Å²) >= 11 is 0. The smallest absolute Gasteiger partial charge is 0.309 e. The normalized spacial score (nSPS) is 53.5. The Kier molecular flexibility index (Phi) is 2.79. The molecule has 4 nitrogen and oxygen atoms in total. The van der Waals surface area contributed by atoms with E-state index in [0.29, 0.717) is 19.3 Å². The maximum Gasteiger partial charge on any atom is 0.309 e. The number of ether oxygens (including phenoxy) is 1. The van der Waals surface area contributed by atoms with Gasteiger partial charge in [0.25, 0.3) is 0 Å². The molecule has 0 amide bonds. The zero-order chi connectivity index (χ0) is 13.9. The molecule has 106 valence electrons. The molecule has 1 N–H and O–H groups in total. The molecule has 7 atom stereocenters. The Balaban J connectivity index is 2.01. The van der Waals surface area contributed by atoms with Crippen molar-refractivity contribution in [3.63, 3.8) is 0 Å². The first-order valence-electron chi connectivity index (χ1n) is 7.27. The average molecular weight is 266 g/mol. The van der Waals surface area contributed by atoms with E-state index in [0.717, 1.165) is 0 Å². The molecule has 0 aromatic carbocycles. The Bertz CT molecular complexity index is 432. The predicted octanol–water partition coefficient (Wildman–Crippen LogP) is 1.55. The van der Waals surface area contributed by atoms with Gasteiger partial charge in [0.15, 0.2) is 0 Å². The first-order chi connectivity index (χ1) is 8.86. The highest BCUT2D eigenvalue weighted by atomic mass is 16.6. The van der Waals surface area contributed by atoms with E-state index in [-0.39, 0.29) is 46.9 Å². The van der Waals surface area contributed by atoms with Crippen LogP contribution in [0.3, 0.4) is 0 Å². The minimum absolute atomic E-state index is 0.0311. The second kappa shape index (κ2) is 4.05. The van der Waals surface area contributed by atoms with Crippen LogP contribution in [0.2, 0.25) is 0 Å². The number of ketones is 1. The molecular formula is C15H22O4. The number of carbonyl (C=O) groups is 2. The highest BCUT2D eigenvalue weighted by Crippen LogP contribution is 2.56. The Hall–Kier alpha value is -0.900. The molecule has 3 fully saturated rings. The van der Waals surface area contributed by atoms with Crippen molar-refractivity contribution in [1.29, 1.82) is 0 Å². The molecule has 0 aromatic heterocycles. The third-order valence-corrected chi connectivity index (χ3v) is 6.02. The molecule has 0 spiro atoms. The van der Waals surface area contributed by atoms with Crippen LogP contribution in [0.5, 0.6) is 0 Å². The van der Waals surface area contributed by atoms with Gasteiger partial charge in [0.05, 0.1) is 12.0 Å². The molecular weight excluding hydrogens is 244 g/mol. The highest BCUT2D eigenvalue weighted by Gasteiger charge is 2.61. The van der Waals surface area contributed by atoms with Crippen molar-refractivity contribution in [3.8, 4) is 0 Å². The molecule has 0 bridgehead atoms. The molecule has 19 heavy (non-hydrogen) atoms. The van der Waals surface area contributed by atoms with Gasteiger partial charge in [-0.2, -0.15) is 0 Å². The first-order valence-corrected chi connectivity index (χ1v) is 7.27. The third kappa shape index (κ3) is 1.62. The molecule has 1 saturated heterocycles. The fourth-order valence-corrected chi connectivity index (χ4v) is 4.60. The number of hydrogen-bond donors (Lipinski definition) is 1. The summed E-state index contributed by atoms with van der Waals surface area (Å²) in [6.07, 6.45) is 1.23. The fraction of sp³-hybridized carbons (Fsp3) is 0.867. The van der Waals surface area contributed by atoms with Gasteiger partial charge in [-0.1, -0.05) is 20.8 Å². The zero-order valence-electron chi connectivity index (χ0n) is 11.8. The highest BCUT2D eigenvalue weighted by molar-refractivity contribution is 5.82. The zero-order valence-corrected chi connectivity index (χ0v) is 11.8. The standard InChI is InChI=1S/C15H22O4/c1-7-9-6-11(17)15(3)5-4-10(16)8(2)12(15)13(9)19-14(7)18/h7-9,11-13,17H,4-6H2,1-3H3/t7-,8-,9-,11-,12+,13-,15+/m0/s1. The van der Waals surface area contributed by atoms with Gasteiger partial charge in [0.1, 0.15) is 11.9 Å². The SMILES string of the molecule is C[C@@H]1C(=O)O[C@H]2[C@H]1C[C@H](O)[C@@]1(C)CCC(=O)[C@H](C)[C@H]21. The minimum Gasteiger partial charge on any atom is -0.461 e. The van der Waals surface area contributed by atoms with Gasteiger partial charge in [-0.25, -0.2) is 0 Å². The predicted molar refractivity (Wildman–Crippen MR) is 68.2 cm³/mol. The van der Waals surface area contributed by atoms with E-state index in [4.69, 9.17) is 4.74 Å². The lowest BCUT2D eigenvalue weighted by Crippen LogP contribution is -2.58. The summed E-state index contributed by atoms with van der Waals surface area (Å²) in [6, 6.07) is 0. The van der Waals surface area contributed by atoms with Crippen molar-refractivity contribution in [2.24, 2.45) is 29.1 Å². The van der Waals surface area contributed by atoms with Gasteiger partial charge in [-0.3, -0.25) is 9.59 Å². The van der Waals surface area contributed by atoms with Crippen LogP contribution in [-0.4, -0.2) is 29.1 Å². The van der Waals surface area contributed by atoms with E-state index in [1.807, 2.05) is 13.8 Å². The van der Waals surface area contributed by atoms with Crippen molar-refractivity contribution in [2.45, 2.75) is 52.2 Å². The van der Waals surface area contributed by atoms with E-state index < -0.39 is 6.10 Å². The van der Waals surface area contributed by atoms with Gasteiger partial charge in [-0.15, -0.1) is 0 Å². The summed E-state index contributed by atoms with van der Waals surface area (Å²) in [5.41, 5.74) is -0.293. The first kappa shape index (κ1) is 13.1. The van der Waals surface area contributed by atoms with Crippen LogP contribution in [0.4, 0.5) is 0 Å². The van der Waals surface area contributed by atoms with Crippen molar-refractivity contribution in [2.75, 3.05) is 0 Å². The van der Waals surface area contributed by atoms with Gasteiger partial charge in [0, 0.05) is 29.6 Å². The number of aliphatic hydroxyl groups excluding tert-OH is 1. The van der Waals surface area contributed by atoms with Gasteiger partial charge in [-0.05, 0) is 12.8 Å². The maximum absolute atomic E-state index is 12.0. The molecule has 2 aliphatic carbocycles. The average Bonchev–Trinajstić information content (AvgIpc) is 2.63. The summed E-state index contributed by atoms with van der Waals surface area (Å²) in [7, 11) is 0. The fourth-order valence-electron chi connectivity index (χ4n) is 4.60. The van der Waals surface area contributed by atoms with E-state index >= 15 is 0 Å². The second-order valence-corrected chi connectivity index (χ2v) is 6.89. The summed E-state index contributed by atoms with van der Waals surface area (Å²) < 4.78 is 5.58. The molecule has 0 aromatic rings. The molecule has 3 aliphatic rings. The van der Waals surface area contributed by atoms with Crippen LogP contribution in [0.15, 0.2) is 0 Å². The van der Waals surface area contributed by atoms with Crippen molar-refractivity contribution in [3.05, 3.63) is 0 Å². The maximum atomic E-state index is 12.0. The lowest BCUT2D eigenvalue weighted by atomic mass is 9.52. The summed E-state index contributed by atoms with van der Waals surface area (Å²) in [6.45, 7) is 5.85. The van der Waals surface area contributed by atoms with Crippen LogP contribution in [0, 0.1) is 29.1 Å². The molecule has 3 rings (SSSR count). The van der Waals surface area contributed by atoms with Crippen LogP contribution >= 0.6 is 0 Å². The largest absolute Gasteiger partial charge is 0.461 e. The summed E-state index contributed by atoms with van der Waals surface area (Å²) in [5, 5.41) is 10.5. The third-order valence-electron chi connectivity index (χ3n) is 6.02. The molecule has 1 aliphatic heterocycles. The van der Waals surface area contributed by atoms with Crippen molar-refractivity contribution in [1.82, 2.24) is 0 Å². The quantitative estimate of drug-likeness (QED) is 0.676. The van der Waals surface area contributed by atoms with Crippen LogP contribution < -0.4 is 0 Å². The monoisotopic (exact) mass is 266 g/mol. The van der Waals surface area contributed by atoms with Gasteiger partial charge in [0.2, 0.25) is 0 Å². The molecule has 2 saturated carbocycles. The number of hydrogen-bond acceptors (Lipinski definition) is 4. The van der Waals surface area contributed by atoms with E-state index in [2.05, 4.69) is 6.92 Å². The summed E-state index contributed by atoms with van der Waals surface area (Å²) in [4.78, 5) is 23.9. The molecule has 1 heterocycles. The van der Waals surface area contributed by atoms with Crippen LogP contribution in [0.1, 0.15) is 40.0 Å². The van der Waals surface area contributed by atoms with E-state index in [9.17, 15) is 14.7 Å². The Labute approximate surface area is 113 Å². The number of rotatable bonds is 0. The molecule has 4 heteroatoms. The number of carbonyl (C=O) groups excluding carboxylic acids is 2. The van der Waals surface area contributed by atoms with E-state index in [1.165, 1.54) is 0 Å². The molecule has 0 radical (unpaired) electrons. The Morgan fingerprint density at radius 3 is 2.63 bits per heavy atom. The minimum atomic E-state index is -0.439.